The molecule has 0 amide bonds. The second kappa shape index (κ2) is 2.83. The van der Waals surface area contributed by atoms with Crippen LogP contribution in [0.1, 0.15) is 31.2 Å². The molecule has 2 aromatic rings. The van der Waals surface area contributed by atoms with E-state index < -0.39 is 0 Å². The summed E-state index contributed by atoms with van der Waals surface area (Å²) in [4.78, 5) is 4.54. The summed E-state index contributed by atoms with van der Waals surface area (Å²) >= 11 is 0. The van der Waals surface area contributed by atoms with Crippen LogP contribution in [0.25, 0.3) is 5.65 Å². The SMILES string of the molecule is CCc1cn2c(C3(N)CC3)cccc2n1. The number of fused-ring (bicyclic) bond motifs is 1. The number of rotatable bonds is 2. The minimum absolute atomic E-state index is 0.0920. The maximum Gasteiger partial charge on any atom is 0.137 e. The largest absolute Gasteiger partial charge is 0.320 e. The fraction of sp³-hybridized carbons (Fsp3) is 0.417. The van der Waals surface area contributed by atoms with Crippen molar-refractivity contribution in [1.82, 2.24) is 9.38 Å². The normalized spacial score (nSPS) is 18.3. The van der Waals surface area contributed by atoms with Gasteiger partial charge in [0.25, 0.3) is 0 Å². The molecule has 0 aliphatic heterocycles. The molecule has 1 saturated carbocycles. The molecule has 0 spiro atoms. The fourth-order valence-corrected chi connectivity index (χ4v) is 2.03. The zero-order chi connectivity index (χ0) is 10.5. The van der Waals surface area contributed by atoms with Gasteiger partial charge in [-0.15, -0.1) is 0 Å². The lowest BCUT2D eigenvalue weighted by atomic mass is 10.2. The van der Waals surface area contributed by atoms with Crippen molar-refractivity contribution in [1.29, 1.82) is 0 Å². The predicted molar refractivity (Wildman–Crippen MR) is 59.7 cm³/mol. The summed E-state index contributed by atoms with van der Waals surface area (Å²) in [6, 6.07) is 6.19. The molecule has 1 aliphatic carbocycles. The van der Waals surface area contributed by atoms with Crippen LogP contribution in [-0.2, 0) is 12.0 Å². The van der Waals surface area contributed by atoms with E-state index in [2.05, 4.69) is 28.6 Å². The summed E-state index contributed by atoms with van der Waals surface area (Å²) < 4.78 is 2.14. The maximum atomic E-state index is 6.24. The van der Waals surface area contributed by atoms with E-state index in [-0.39, 0.29) is 5.54 Å². The van der Waals surface area contributed by atoms with Crippen LogP contribution in [-0.4, -0.2) is 9.38 Å². The molecule has 2 aromatic heterocycles. The summed E-state index contributed by atoms with van der Waals surface area (Å²) in [5.41, 5.74) is 9.49. The van der Waals surface area contributed by atoms with Gasteiger partial charge in [0, 0.05) is 11.9 Å². The van der Waals surface area contributed by atoms with Crippen molar-refractivity contribution >= 4 is 5.65 Å². The minimum Gasteiger partial charge on any atom is -0.320 e. The van der Waals surface area contributed by atoms with E-state index in [0.29, 0.717) is 0 Å². The zero-order valence-electron chi connectivity index (χ0n) is 8.90. The lowest BCUT2D eigenvalue weighted by Crippen LogP contribution is -2.21. The lowest BCUT2D eigenvalue weighted by Gasteiger charge is -2.11. The average Bonchev–Trinajstić information content (AvgIpc) is 2.85. The zero-order valence-corrected chi connectivity index (χ0v) is 8.90. The van der Waals surface area contributed by atoms with Crippen LogP contribution >= 0.6 is 0 Å². The summed E-state index contributed by atoms with van der Waals surface area (Å²) in [5.74, 6) is 0. The van der Waals surface area contributed by atoms with Gasteiger partial charge in [-0.05, 0) is 31.4 Å². The summed E-state index contributed by atoms with van der Waals surface area (Å²) in [6.45, 7) is 2.12. The number of aryl methyl sites for hydroxylation is 1. The molecular weight excluding hydrogens is 186 g/mol. The van der Waals surface area contributed by atoms with E-state index in [1.165, 1.54) is 5.69 Å². The number of hydrogen-bond acceptors (Lipinski definition) is 2. The smallest absolute Gasteiger partial charge is 0.137 e. The van der Waals surface area contributed by atoms with Gasteiger partial charge in [0.05, 0.1) is 11.2 Å². The molecule has 0 saturated heterocycles. The Morgan fingerprint density at radius 3 is 2.93 bits per heavy atom. The Morgan fingerprint density at radius 1 is 1.47 bits per heavy atom. The Morgan fingerprint density at radius 2 is 2.27 bits per heavy atom. The van der Waals surface area contributed by atoms with E-state index in [1.807, 2.05) is 12.1 Å². The first-order valence-electron chi connectivity index (χ1n) is 5.49. The number of imidazole rings is 1. The topological polar surface area (TPSA) is 43.3 Å². The number of nitrogens with two attached hydrogens (primary N) is 1. The van der Waals surface area contributed by atoms with Crippen molar-refractivity contribution in [3.05, 3.63) is 35.8 Å². The molecule has 78 valence electrons. The van der Waals surface area contributed by atoms with Crippen LogP contribution in [0.15, 0.2) is 24.4 Å². The maximum absolute atomic E-state index is 6.24. The Kier molecular flexibility index (Phi) is 1.68. The lowest BCUT2D eigenvalue weighted by molar-refractivity contribution is 0.693. The van der Waals surface area contributed by atoms with E-state index in [4.69, 9.17) is 5.73 Å². The highest BCUT2D eigenvalue weighted by Crippen LogP contribution is 2.42. The molecule has 1 fully saturated rings. The Bertz CT molecular complexity index is 509. The first kappa shape index (κ1) is 8.92. The third kappa shape index (κ3) is 1.27. The van der Waals surface area contributed by atoms with Crippen molar-refractivity contribution in [2.75, 3.05) is 0 Å². The second-order valence-electron chi connectivity index (χ2n) is 4.38. The van der Waals surface area contributed by atoms with E-state index in [9.17, 15) is 0 Å². The minimum atomic E-state index is -0.0920. The third-order valence-corrected chi connectivity index (χ3v) is 3.20. The van der Waals surface area contributed by atoms with Gasteiger partial charge in [-0.25, -0.2) is 4.98 Å². The van der Waals surface area contributed by atoms with E-state index >= 15 is 0 Å². The van der Waals surface area contributed by atoms with Crippen LogP contribution in [0.3, 0.4) is 0 Å². The number of hydrogen-bond donors (Lipinski definition) is 1. The van der Waals surface area contributed by atoms with Gasteiger partial charge in [0.15, 0.2) is 0 Å². The highest BCUT2D eigenvalue weighted by Gasteiger charge is 2.41. The van der Waals surface area contributed by atoms with Crippen LogP contribution in [0.5, 0.6) is 0 Å². The highest BCUT2D eigenvalue weighted by molar-refractivity contribution is 5.44. The number of pyridine rings is 1. The molecule has 2 heterocycles. The number of nitrogens with zero attached hydrogens (tertiary/aromatic N) is 2. The van der Waals surface area contributed by atoms with Gasteiger partial charge in [-0.1, -0.05) is 13.0 Å². The second-order valence-corrected chi connectivity index (χ2v) is 4.38. The van der Waals surface area contributed by atoms with Gasteiger partial charge in [-0.3, -0.25) is 0 Å². The van der Waals surface area contributed by atoms with Crippen LogP contribution in [0, 0.1) is 0 Å². The molecular formula is C12H15N3. The Hall–Kier alpha value is -1.35. The monoisotopic (exact) mass is 201 g/mol. The molecule has 0 unspecified atom stereocenters. The fourth-order valence-electron chi connectivity index (χ4n) is 2.03. The highest BCUT2D eigenvalue weighted by atomic mass is 15.0. The molecule has 0 radical (unpaired) electrons. The van der Waals surface area contributed by atoms with E-state index in [0.717, 1.165) is 30.6 Å². The van der Waals surface area contributed by atoms with Gasteiger partial charge in [0.2, 0.25) is 0 Å². The first-order chi connectivity index (χ1) is 7.23. The van der Waals surface area contributed by atoms with Crippen LogP contribution in [0.4, 0.5) is 0 Å². The van der Waals surface area contributed by atoms with Crippen molar-refractivity contribution < 1.29 is 0 Å². The average molecular weight is 201 g/mol. The molecule has 3 nitrogen and oxygen atoms in total. The van der Waals surface area contributed by atoms with Gasteiger partial charge >= 0.3 is 0 Å². The van der Waals surface area contributed by atoms with Crippen molar-refractivity contribution in [3.8, 4) is 0 Å². The van der Waals surface area contributed by atoms with Crippen LogP contribution < -0.4 is 5.73 Å². The molecule has 2 N–H and O–H groups in total. The van der Waals surface area contributed by atoms with Crippen molar-refractivity contribution in [2.24, 2.45) is 5.73 Å². The Labute approximate surface area is 88.9 Å². The predicted octanol–water partition coefficient (Wildman–Crippen LogP) is 1.84. The molecule has 3 heteroatoms. The third-order valence-electron chi connectivity index (χ3n) is 3.20. The summed E-state index contributed by atoms with van der Waals surface area (Å²) in [6.07, 6.45) is 5.26. The molecule has 0 aromatic carbocycles. The molecule has 0 atom stereocenters. The van der Waals surface area contributed by atoms with Crippen molar-refractivity contribution in [3.63, 3.8) is 0 Å². The molecule has 3 rings (SSSR count). The molecule has 15 heavy (non-hydrogen) atoms. The standard InChI is InChI=1S/C12H15N3/c1-2-9-8-15-10(12(13)6-7-12)4-3-5-11(15)14-9/h3-5,8H,2,6-7,13H2,1H3. The summed E-state index contributed by atoms with van der Waals surface area (Å²) in [7, 11) is 0. The number of aromatic nitrogens is 2. The van der Waals surface area contributed by atoms with Gasteiger partial charge < -0.3 is 10.1 Å². The van der Waals surface area contributed by atoms with Gasteiger partial charge in [0.1, 0.15) is 5.65 Å². The van der Waals surface area contributed by atoms with Gasteiger partial charge in [-0.2, -0.15) is 0 Å². The Balaban J connectivity index is 2.25. The van der Waals surface area contributed by atoms with E-state index in [1.54, 1.807) is 0 Å². The first-order valence-corrected chi connectivity index (χ1v) is 5.49. The molecule has 0 bridgehead atoms. The quantitative estimate of drug-likeness (QED) is 0.805. The summed E-state index contributed by atoms with van der Waals surface area (Å²) in [5, 5.41) is 0. The van der Waals surface area contributed by atoms with Crippen LogP contribution in [0.2, 0.25) is 0 Å². The van der Waals surface area contributed by atoms with Crippen molar-refractivity contribution in [2.45, 2.75) is 31.7 Å². The molecule has 1 aliphatic rings.